The number of carbonyl (C=O) groups is 1. The number of piperazine rings is 1. The topological polar surface area (TPSA) is 88.6 Å². The van der Waals surface area contributed by atoms with E-state index >= 15 is 0 Å². The number of carbonyl (C=O) groups excluding carboxylic acids is 1. The quantitative estimate of drug-likeness (QED) is 0.448. The standard InChI is InChI=1S/C26H35N3O6S/c1-6-7-26(30)29-16-14-28(15-17-29)22-19-21(9-11-23(22)33-3)36(31,32)27(2)13-12-20-8-10-24(34-4)25(18-20)35-5/h6-11,18-19H,12-17H2,1-5H3/b7-6+. The molecule has 0 aromatic heterocycles. The number of rotatable bonds is 10. The summed E-state index contributed by atoms with van der Waals surface area (Å²) in [6, 6.07) is 10.5. The van der Waals surface area contributed by atoms with Gasteiger partial charge in [0.05, 0.1) is 31.9 Å². The minimum Gasteiger partial charge on any atom is -0.495 e. The molecule has 2 aromatic carbocycles. The Balaban J connectivity index is 1.75. The van der Waals surface area contributed by atoms with Crippen LogP contribution >= 0.6 is 0 Å². The second kappa shape index (κ2) is 12.1. The van der Waals surface area contributed by atoms with Gasteiger partial charge in [-0.3, -0.25) is 4.79 Å². The number of ether oxygens (including phenoxy) is 3. The molecule has 1 aliphatic rings. The van der Waals surface area contributed by atoms with Crippen molar-refractivity contribution in [1.29, 1.82) is 0 Å². The number of amides is 1. The minimum absolute atomic E-state index is 0.0171. The summed E-state index contributed by atoms with van der Waals surface area (Å²) in [6.07, 6.45) is 3.80. The molecular weight excluding hydrogens is 482 g/mol. The lowest BCUT2D eigenvalue weighted by Crippen LogP contribution is -2.48. The van der Waals surface area contributed by atoms with Crippen LogP contribution in [0.5, 0.6) is 17.2 Å². The van der Waals surface area contributed by atoms with Gasteiger partial charge in [-0.2, -0.15) is 0 Å². The van der Waals surface area contributed by atoms with Crippen LogP contribution in [-0.2, 0) is 21.2 Å². The van der Waals surface area contributed by atoms with Crippen LogP contribution in [0.1, 0.15) is 12.5 Å². The number of sulfonamides is 1. The minimum atomic E-state index is -3.73. The van der Waals surface area contributed by atoms with Crippen molar-refractivity contribution in [2.45, 2.75) is 18.2 Å². The Morgan fingerprint density at radius 2 is 1.58 bits per heavy atom. The average molecular weight is 518 g/mol. The fraction of sp³-hybridized carbons (Fsp3) is 0.423. The summed E-state index contributed by atoms with van der Waals surface area (Å²) in [6.45, 7) is 4.38. The van der Waals surface area contributed by atoms with Crippen LogP contribution in [0.2, 0.25) is 0 Å². The zero-order chi connectivity index (χ0) is 26.3. The Bertz CT molecular complexity index is 1190. The summed E-state index contributed by atoms with van der Waals surface area (Å²) in [7, 11) is 2.55. The molecule has 0 saturated carbocycles. The van der Waals surface area contributed by atoms with E-state index in [1.54, 1.807) is 63.6 Å². The van der Waals surface area contributed by atoms with Crippen molar-refractivity contribution in [2.75, 3.05) is 66.0 Å². The Labute approximate surface area is 213 Å². The van der Waals surface area contributed by atoms with E-state index in [9.17, 15) is 13.2 Å². The number of likely N-dealkylation sites (N-methyl/N-ethyl adjacent to an activating group) is 1. The molecule has 3 rings (SSSR count). The lowest BCUT2D eigenvalue weighted by atomic mass is 10.1. The number of hydrogen-bond donors (Lipinski definition) is 0. The molecule has 10 heteroatoms. The maximum absolute atomic E-state index is 13.4. The molecule has 1 saturated heterocycles. The highest BCUT2D eigenvalue weighted by molar-refractivity contribution is 7.89. The molecule has 1 aliphatic heterocycles. The van der Waals surface area contributed by atoms with Gasteiger partial charge in [-0.25, -0.2) is 12.7 Å². The molecule has 0 aliphatic carbocycles. The second-order valence-corrected chi connectivity index (χ2v) is 10.5. The van der Waals surface area contributed by atoms with E-state index < -0.39 is 10.0 Å². The third kappa shape index (κ3) is 6.11. The fourth-order valence-electron chi connectivity index (χ4n) is 4.12. The van der Waals surface area contributed by atoms with Crippen LogP contribution in [-0.4, -0.2) is 84.6 Å². The number of nitrogens with zero attached hydrogens (tertiary/aromatic N) is 3. The SMILES string of the molecule is C/C=C/C(=O)N1CCN(c2cc(S(=O)(=O)N(C)CCc3ccc(OC)c(OC)c3)ccc2OC)CC1. The third-order valence-corrected chi connectivity index (χ3v) is 8.12. The van der Waals surface area contributed by atoms with Crippen molar-refractivity contribution in [3.8, 4) is 17.2 Å². The van der Waals surface area contributed by atoms with Crippen molar-refractivity contribution in [3.05, 3.63) is 54.1 Å². The van der Waals surface area contributed by atoms with Gasteiger partial charge in [0.15, 0.2) is 11.5 Å². The van der Waals surface area contributed by atoms with Gasteiger partial charge in [0.2, 0.25) is 15.9 Å². The number of methoxy groups -OCH3 is 3. The van der Waals surface area contributed by atoms with Crippen LogP contribution in [0.15, 0.2) is 53.4 Å². The maximum Gasteiger partial charge on any atom is 0.246 e. The molecule has 196 valence electrons. The Hall–Kier alpha value is -3.24. The number of anilines is 1. The molecule has 0 unspecified atom stereocenters. The zero-order valence-electron chi connectivity index (χ0n) is 21.6. The average Bonchev–Trinajstić information content (AvgIpc) is 2.91. The third-order valence-electron chi connectivity index (χ3n) is 6.26. The van der Waals surface area contributed by atoms with Crippen molar-refractivity contribution >= 4 is 21.6 Å². The van der Waals surface area contributed by atoms with Crippen LogP contribution in [0, 0.1) is 0 Å². The van der Waals surface area contributed by atoms with Crippen LogP contribution in [0.4, 0.5) is 5.69 Å². The van der Waals surface area contributed by atoms with Gasteiger partial charge in [-0.15, -0.1) is 0 Å². The predicted octanol–water partition coefficient (Wildman–Crippen LogP) is 2.80. The first-order valence-corrected chi connectivity index (χ1v) is 13.2. The van der Waals surface area contributed by atoms with Crippen molar-refractivity contribution < 1.29 is 27.4 Å². The highest BCUT2D eigenvalue weighted by atomic mass is 32.2. The molecule has 2 aromatic rings. The molecule has 1 fully saturated rings. The molecule has 1 heterocycles. The van der Waals surface area contributed by atoms with Gasteiger partial charge in [-0.05, 0) is 55.3 Å². The molecular formula is C26H35N3O6S. The lowest BCUT2D eigenvalue weighted by Gasteiger charge is -2.36. The van der Waals surface area contributed by atoms with Gasteiger partial charge in [-0.1, -0.05) is 12.1 Å². The van der Waals surface area contributed by atoms with Crippen LogP contribution in [0.25, 0.3) is 0 Å². The van der Waals surface area contributed by atoms with E-state index in [0.717, 1.165) is 5.56 Å². The Morgan fingerprint density at radius 3 is 2.19 bits per heavy atom. The zero-order valence-corrected chi connectivity index (χ0v) is 22.4. The maximum atomic E-state index is 13.4. The molecule has 0 spiro atoms. The Kier molecular flexibility index (Phi) is 9.22. The van der Waals surface area contributed by atoms with E-state index in [4.69, 9.17) is 14.2 Å². The first-order valence-electron chi connectivity index (χ1n) is 11.8. The second-order valence-electron chi connectivity index (χ2n) is 8.41. The monoisotopic (exact) mass is 517 g/mol. The van der Waals surface area contributed by atoms with E-state index in [0.29, 0.717) is 62.1 Å². The molecule has 0 N–H and O–H groups in total. The number of hydrogen-bond acceptors (Lipinski definition) is 7. The normalized spacial score (nSPS) is 14.4. The molecule has 0 atom stereocenters. The first-order chi connectivity index (χ1) is 17.2. The fourth-order valence-corrected chi connectivity index (χ4v) is 5.31. The highest BCUT2D eigenvalue weighted by Gasteiger charge is 2.26. The molecule has 9 nitrogen and oxygen atoms in total. The smallest absolute Gasteiger partial charge is 0.246 e. The molecule has 36 heavy (non-hydrogen) atoms. The molecule has 1 amide bonds. The van der Waals surface area contributed by atoms with Gasteiger partial charge in [0.25, 0.3) is 0 Å². The predicted molar refractivity (Wildman–Crippen MR) is 140 cm³/mol. The van der Waals surface area contributed by atoms with Gasteiger partial charge < -0.3 is 24.0 Å². The van der Waals surface area contributed by atoms with E-state index in [-0.39, 0.29) is 10.8 Å². The summed E-state index contributed by atoms with van der Waals surface area (Å²) in [5.74, 6) is 1.81. The summed E-state index contributed by atoms with van der Waals surface area (Å²) in [5, 5.41) is 0. The van der Waals surface area contributed by atoms with Crippen LogP contribution in [0.3, 0.4) is 0 Å². The van der Waals surface area contributed by atoms with Crippen LogP contribution < -0.4 is 19.1 Å². The van der Waals surface area contributed by atoms with Gasteiger partial charge >= 0.3 is 0 Å². The van der Waals surface area contributed by atoms with Crippen molar-refractivity contribution in [1.82, 2.24) is 9.21 Å². The van der Waals surface area contributed by atoms with E-state index in [1.807, 2.05) is 25.1 Å². The van der Waals surface area contributed by atoms with E-state index in [1.165, 1.54) is 4.31 Å². The largest absolute Gasteiger partial charge is 0.495 e. The summed E-state index contributed by atoms with van der Waals surface area (Å²) < 4.78 is 44.3. The van der Waals surface area contributed by atoms with Crippen molar-refractivity contribution in [3.63, 3.8) is 0 Å². The highest BCUT2D eigenvalue weighted by Crippen LogP contribution is 2.33. The number of benzene rings is 2. The summed E-state index contributed by atoms with van der Waals surface area (Å²) in [5.41, 5.74) is 1.64. The molecule has 0 bridgehead atoms. The van der Waals surface area contributed by atoms with Gasteiger partial charge in [0, 0.05) is 39.8 Å². The number of allylic oxidation sites excluding steroid dienone is 1. The van der Waals surface area contributed by atoms with Gasteiger partial charge in [0.1, 0.15) is 5.75 Å². The lowest BCUT2D eigenvalue weighted by molar-refractivity contribution is -0.126. The summed E-state index contributed by atoms with van der Waals surface area (Å²) >= 11 is 0. The molecule has 0 radical (unpaired) electrons. The Morgan fingerprint density at radius 1 is 0.944 bits per heavy atom. The first kappa shape index (κ1) is 27.3. The van der Waals surface area contributed by atoms with E-state index in [2.05, 4.69) is 4.90 Å². The van der Waals surface area contributed by atoms with Crippen molar-refractivity contribution in [2.24, 2.45) is 0 Å². The summed E-state index contributed by atoms with van der Waals surface area (Å²) in [4.78, 5) is 16.2.